The molecule has 0 unspecified atom stereocenters. The van der Waals surface area contributed by atoms with E-state index >= 15 is 0 Å². The van der Waals surface area contributed by atoms with Gasteiger partial charge in [0.2, 0.25) is 0 Å². The Balaban J connectivity index is 2.45. The van der Waals surface area contributed by atoms with Crippen LogP contribution in [0.5, 0.6) is 0 Å². The Morgan fingerprint density at radius 1 is 1.06 bits per heavy atom. The van der Waals surface area contributed by atoms with Crippen LogP contribution < -0.4 is 10.6 Å². The van der Waals surface area contributed by atoms with Crippen molar-refractivity contribution in [1.82, 2.24) is 0 Å². The summed E-state index contributed by atoms with van der Waals surface area (Å²) in [5.41, 5.74) is 8.56. The molecule has 0 aliphatic heterocycles. The van der Waals surface area contributed by atoms with E-state index in [0.29, 0.717) is 16.8 Å². The number of nitrogens with zero attached hydrogens (tertiary/aromatic N) is 1. The lowest BCUT2D eigenvalue weighted by Gasteiger charge is -2.14. The second kappa shape index (κ2) is 4.92. The van der Waals surface area contributed by atoms with Gasteiger partial charge >= 0.3 is 0 Å². The summed E-state index contributed by atoms with van der Waals surface area (Å²) >= 11 is 0. The van der Waals surface area contributed by atoms with Crippen LogP contribution in [0.15, 0.2) is 48.5 Å². The number of nitrogen functional groups attached to an aromatic ring is 1. The third-order valence-electron chi connectivity index (χ3n) is 2.83. The summed E-state index contributed by atoms with van der Waals surface area (Å²) in [5.74, 6) is -0.0446. The molecular formula is C15H16N2O. The zero-order valence-electron chi connectivity index (χ0n) is 10.6. The fourth-order valence-electron chi connectivity index (χ4n) is 1.76. The summed E-state index contributed by atoms with van der Waals surface area (Å²) in [5, 5.41) is 0. The molecule has 0 atom stereocenters. The van der Waals surface area contributed by atoms with E-state index in [2.05, 4.69) is 0 Å². The standard InChI is InChI=1S/C15H16N2O/c1-17(2)12-8-9-14(16)13(10-12)15(18)11-6-4-3-5-7-11/h3-10H,16H2,1-2H3. The molecule has 0 saturated heterocycles. The van der Waals surface area contributed by atoms with Crippen molar-refractivity contribution in [2.75, 3.05) is 24.7 Å². The number of carbonyl (C=O) groups excluding carboxylic acids is 1. The van der Waals surface area contributed by atoms with Gasteiger partial charge in [0.25, 0.3) is 0 Å². The van der Waals surface area contributed by atoms with Crippen LogP contribution in [0.2, 0.25) is 0 Å². The van der Waals surface area contributed by atoms with Crippen LogP contribution >= 0.6 is 0 Å². The van der Waals surface area contributed by atoms with E-state index in [4.69, 9.17) is 5.73 Å². The molecule has 3 heteroatoms. The highest BCUT2D eigenvalue weighted by Crippen LogP contribution is 2.22. The molecule has 2 aromatic rings. The summed E-state index contributed by atoms with van der Waals surface area (Å²) in [7, 11) is 3.87. The molecule has 0 aromatic heterocycles. The van der Waals surface area contributed by atoms with E-state index in [0.717, 1.165) is 5.69 Å². The minimum absolute atomic E-state index is 0.0446. The second-order valence-corrected chi connectivity index (χ2v) is 4.36. The summed E-state index contributed by atoms with van der Waals surface area (Å²) in [6.45, 7) is 0. The van der Waals surface area contributed by atoms with Gasteiger partial charge in [0.1, 0.15) is 0 Å². The highest BCUT2D eigenvalue weighted by Gasteiger charge is 2.13. The quantitative estimate of drug-likeness (QED) is 0.662. The van der Waals surface area contributed by atoms with Gasteiger partial charge in [-0.2, -0.15) is 0 Å². The van der Waals surface area contributed by atoms with E-state index in [9.17, 15) is 4.79 Å². The van der Waals surface area contributed by atoms with Gasteiger partial charge in [-0.25, -0.2) is 0 Å². The summed E-state index contributed by atoms with van der Waals surface area (Å²) in [4.78, 5) is 14.3. The molecule has 3 nitrogen and oxygen atoms in total. The van der Waals surface area contributed by atoms with Gasteiger partial charge in [-0.1, -0.05) is 30.3 Å². The van der Waals surface area contributed by atoms with Gasteiger partial charge in [-0.15, -0.1) is 0 Å². The number of hydrogen-bond donors (Lipinski definition) is 1. The fraction of sp³-hybridized carbons (Fsp3) is 0.133. The molecule has 18 heavy (non-hydrogen) atoms. The molecule has 0 amide bonds. The zero-order valence-corrected chi connectivity index (χ0v) is 10.6. The van der Waals surface area contributed by atoms with Crippen LogP contribution in [-0.2, 0) is 0 Å². The molecule has 92 valence electrons. The van der Waals surface area contributed by atoms with Crippen LogP contribution in [0.1, 0.15) is 15.9 Å². The van der Waals surface area contributed by atoms with Crippen molar-refractivity contribution in [3.8, 4) is 0 Å². The smallest absolute Gasteiger partial charge is 0.195 e. The lowest BCUT2D eigenvalue weighted by Crippen LogP contribution is -2.11. The number of nitrogens with two attached hydrogens (primary N) is 1. The Hall–Kier alpha value is -2.29. The predicted octanol–water partition coefficient (Wildman–Crippen LogP) is 2.57. The minimum atomic E-state index is -0.0446. The molecule has 0 aliphatic rings. The van der Waals surface area contributed by atoms with Crippen molar-refractivity contribution in [3.63, 3.8) is 0 Å². The molecule has 0 aliphatic carbocycles. The summed E-state index contributed by atoms with van der Waals surface area (Å²) in [6, 6.07) is 14.7. The third kappa shape index (κ3) is 2.35. The molecule has 0 spiro atoms. The first-order valence-electron chi connectivity index (χ1n) is 5.76. The van der Waals surface area contributed by atoms with Crippen LogP contribution in [0.4, 0.5) is 11.4 Å². The van der Waals surface area contributed by atoms with Crippen LogP contribution in [0, 0.1) is 0 Å². The Labute approximate surface area is 107 Å². The van der Waals surface area contributed by atoms with Gasteiger partial charge in [0.15, 0.2) is 5.78 Å². The number of ketones is 1. The Kier molecular flexibility index (Phi) is 3.33. The van der Waals surface area contributed by atoms with Crippen LogP contribution in [-0.4, -0.2) is 19.9 Å². The van der Waals surface area contributed by atoms with E-state index in [1.807, 2.05) is 49.3 Å². The maximum Gasteiger partial charge on any atom is 0.195 e. The van der Waals surface area contributed by atoms with E-state index in [1.54, 1.807) is 18.2 Å². The SMILES string of the molecule is CN(C)c1ccc(N)c(C(=O)c2ccccc2)c1. The first-order chi connectivity index (χ1) is 8.59. The molecule has 0 saturated carbocycles. The molecule has 2 aromatic carbocycles. The molecule has 0 radical (unpaired) electrons. The maximum absolute atomic E-state index is 12.3. The van der Waals surface area contributed by atoms with E-state index < -0.39 is 0 Å². The Morgan fingerprint density at radius 2 is 1.72 bits per heavy atom. The summed E-state index contributed by atoms with van der Waals surface area (Å²) in [6.07, 6.45) is 0. The van der Waals surface area contributed by atoms with E-state index in [-0.39, 0.29) is 5.78 Å². The second-order valence-electron chi connectivity index (χ2n) is 4.36. The third-order valence-corrected chi connectivity index (χ3v) is 2.83. The van der Waals surface area contributed by atoms with Crippen molar-refractivity contribution in [2.45, 2.75) is 0 Å². The average molecular weight is 240 g/mol. The number of hydrogen-bond acceptors (Lipinski definition) is 3. The lowest BCUT2D eigenvalue weighted by atomic mass is 10.0. The Morgan fingerprint density at radius 3 is 2.33 bits per heavy atom. The van der Waals surface area contributed by atoms with Gasteiger partial charge < -0.3 is 10.6 Å². The topological polar surface area (TPSA) is 46.3 Å². The highest BCUT2D eigenvalue weighted by molar-refractivity contribution is 6.12. The average Bonchev–Trinajstić information content (AvgIpc) is 2.39. The van der Waals surface area contributed by atoms with Crippen molar-refractivity contribution < 1.29 is 4.79 Å². The number of rotatable bonds is 3. The Bertz CT molecular complexity index is 562. The number of carbonyl (C=O) groups is 1. The van der Waals surface area contributed by atoms with Crippen molar-refractivity contribution in [2.24, 2.45) is 0 Å². The minimum Gasteiger partial charge on any atom is -0.398 e. The van der Waals surface area contributed by atoms with Crippen molar-refractivity contribution in [1.29, 1.82) is 0 Å². The molecule has 0 bridgehead atoms. The maximum atomic E-state index is 12.3. The molecule has 2 N–H and O–H groups in total. The molecule has 0 fully saturated rings. The zero-order chi connectivity index (χ0) is 13.1. The largest absolute Gasteiger partial charge is 0.398 e. The number of anilines is 2. The van der Waals surface area contributed by atoms with Gasteiger partial charge in [-0.3, -0.25) is 4.79 Å². The van der Waals surface area contributed by atoms with Crippen molar-refractivity contribution >= 4 is 17.2 Å². The van der Waals surface area contributed by atoms with E-state index in [1.165, 1.54) is 0 Å². The lowest BCUT2D eigenvalue weighted by molar-refractivity contribution is 0.103. The van der Waals surface area contributed by atoms with Crippen LogP contribution in [0.25, 0.3) is 0 Å². The molecule has 0 heterocycles. The van der Waals surface area contributed by atoms with Gasteiger partial charge in [0, 0.05) is 36.6 Å². The van der Waals surface area contributed by atoms with Gasteiger partial charge in [-0.05, 0) is 18.2 Å². The monoisotopic (exact) mass is 240 g/mol. The first kappa shape index (κ1) is 12.2. The van der Waals surface area contributed by atoms with Gasteiger partial charge in [0.05, 0.1) is 0 Å². The highest BCUT2D eigenvalue weighted by atomic mass is 16.1. The fourth-order valence-corrected chi connectivity index (χ4v) is 1.76. The van der Waals surface area contributed by atoms with Crippen molar-refractivity contribution in [3.05, 3.63) is 59.7 Å². The normalized spacial score (nSPS) is 10.1. The molecule has 2 rings (SSSR count). The summed E-state index contributed by atoms with van der Waals surface area (Å²) < 4.78 is 0. The predicted molar refractivity (Wildman–Crippen MR) is 75.1 cm³/mol. The van der Waals surface area contributed by atoms with Crippen LogP contribution in [0.3, 0.4) is 0 Å². The molecular weight excluding hydrogens is 224 g/mol. The first-order valence-corrected chi connectivity index (χ1v) is 5.76. The number of benzene rings is 2.